The molecule has 1 atom stereocenters. The molecule has 106 valence electrons. The lowest BCUT2D eigenvalue weighted by Gasteiger charge is -2.24. The first kappa shape index (κ1) is 12.5. The predicted octanol–water partition coefficient (Wildman–Crippen LogP) is 3.55. The molecule has 2 aromatic rings. The molecule has 1 unspecified atom stereocenters. The van der Waals surface area contributed by atoms with Crippen molar-refractivity contribution in [1.82, 2.24) is 5.32 Å². The lowest BCUT2D eigenvalue weighted by molar-refractivity contribution is 0.636. The second-order valence-corrected chi connectivity index (χ2v) is 5.83. The largest absolute Gasteiger partial charge is 0.349 e. The Morgan fingerprint density at radius 3 is 2.90 bits per heavy atom. The van der Waals surface area contributed by atoms with Crippen molar-refractivity contribution in [2.24, 2.45) is 4.99 Å². The summed E-state index contributed by atoms with van der Waals surface area (Å²) < 4.78 is 0. The van der Waals surface area contributed by atoms with Crippen molar-refractivity contribution in [2.45, 2.75) is 32.4 Å². The molecular formula is C18H19N3. The fourth-order valence-corrected chi connectivity index (χ4v) is 3.32. The van der Waals surface area contributed by atoms with Crippen LogP contribution in [0.2, 0.25) is 0 Å². The van der Waals surface area contributed by atoms with E-state index in [1.54, 1.807) is 0 Å². The van der Waals surface area contributed by atoms with Gasteiger partial charge in [-0.2, -0.15) is 0 Å². The minimum absolute atomic E-state index is 0.373. The Hall–Kier alpha value is -2.29. The van der Waals surface area contributed by atoms with Gasteiger partial charge in [0, 0.05) is 5.69 Å². The summed E-state index contributed by atoms with van der Waals surface area (Å²) in [5.74, 6) is 0.901. The minimum Gasteiger partial charge on any atom is -0.349 e. The van der Waals surface area contributed by atoms with Gasteiger partial charge in [-0.25, -0.2) is 4.99 Å². The maximum Gasteiger partial charge on any atom is 0.196 e. The van der Waals surface area contributed by atoms with Crippen molar-refractivity contribution in [3.63, 3.8) is 0 Å². The number of nitrogens with one attached hydrogen (secondary N) is 2. The molecule has 0 saturated heterocycles. The van der Waals surface area contributed by atoms with Gasteiger partial charge in [-0.1, -0.05) is 42.5 Å². The predicted molar refractivity (Wildman–Crippen MR) is 86.6 cm³/mol. The minimum atomic E-state index is 0.373. The van der Waals surface area contributed by atoms with Crippen LogP contribution in [-0.4, -0.2) is 5.96 Å². The molecule has 0 amide bonds. The first-order valence-corrected chi connectivity index (χ1v) is 7.55. The van der Waals surface area contributed by atoms with Crippen molar-refractivity contribution < 1.29 is 0 Å². The summed E-state index contributed by atoms with van der Waals surface area (Å²) in [6.07, 6.45) is 2.29. The molecule has 1 aliphatic heterocycles. The molecule has 0 bridgehead atoms. The van der Waals surface area contributed by atoms with Crippen LogP contribution in [0.3, 0.4) is 0 Å². The Labute approximate surface area is 125 Å². The molecule has 2 aliphatic rings. The Balaban J connectivity index is 1.55. The van der Waals surface area contributed by atoms with Crippen LogP contribution in [0.5, 0.6) is 0 Å². The zero-order chi connectivity index (χ0) is 14.2. The number of para-hydroxylation sites is 1. The Morgan fingerprint density at radius 1 is 1.10 bits per heavy atom. The maximum absolute atomic E-state index is 4.64. The van der Waals surface area contributed by atoms with E-state index in [0.717, 1.165) is 25.3 Å². The number of anilines is 1. The highest BCUT2D eigenvalue weighted by Crippen LogP contribution is 2.31. The van der Waals surface area contributed by atoms with E-state index < -0.39 is 0 Å². The summed E-state index contributed by atoms with van der Waals surface area (Å²) >= 11 is 0. The van der Waals surface area contributed by atoms with Crippen LogP contribution in [0.15, 0.2) is 47.5 Å². The first-order chi connectivity index (χ1) is 10.3. The van der Waals surface area contributed by atoms with E-state index in [2.05, 4.69) is 65.0 Å². The number of benzene rings is 2. The molecule has 1 heterocycles. The van der Waals surface area contributed by atoms with Gasteiger partial charge in [-0.15, -0.1) is 0 Å². The lowest BCUT2D eigenvalue weighted by atomic mass is 10.1. The van der Waals surface area contributed by atoms with Crippen molar-refractivity contribution >= 4 is 11.6 Å². The van der Waals surface area contributed by atoms with Gasteiger partial charge in [0.05, 0.1) is 12.6 Å². The third-order valence-corrected chi connectivity index (χ3v) is 4.45. The number of aryl methyl sites for hydroxylation is 2. The number of rotatable bonds is 1. The SMILES string of the molecule is Cc1cccc2c1NC(NC1CCc3ccccc31)=NC2. The number of hydrogen-bond acceptors (Lipinski definition) is 3. The van der Waals surface area contributed by atoms with E-state index in [1.165, 1.54) is 27.9 Å². The molecule has 4 rings (SSSR count). The van der Waals surface area contributed by atoms with Crippen LogP contribution >= 0.6 is 0 Å². The monoisotopic (exact) mass is 277 g/mol. The summed E-state index contributed by atoms with van der Waals surface area (Å²) in [5, 5.41) is 7.04. The quantitative estimate of drug-likeness (QED) is 0.836. The van der Waals surface area contributed by atoms with Gasteiger partial charge >= 0.3 is 0 Å². The molecule has 2 aromatic carbocycles. The summed E-state index contributed by atoms with van der Waals surface area (Å²) in [7, 11) is 0. The second-order valence-electron chi connectivity index (χ2n) is 5.83. The number of hydrogen-bond donors (Lipinski definition) is 2. The van der Waals surface area contributed by atoms with Gasteiger partial charge in [0.15, 0.2) is 5.96 Å². The summed E-state index contributed by atoms with van der Waals surface area (Å²) in [6, 6.07) is 15.4. The van der Waals surface area contributed by atoms with Crippen LogP contribution in [0, 0.1) is 6.92 Å². The van der Waals surface area contributed by atoms with Crippen LogP contribution in [-0.2, 0) is 13.0 Å². The highest BCUT2D eigenvalue weighted by Gasteiger charge is 2.24. The summed E-state index contributed by atoms with van der Waals surface area (Å²) in [5.41, 5.74) is 6.63. The zero-order valence-electron chi connectivity index (χ0n) is 12.2. The van der Waals surface area contributed by atoms with Crippen molar-refractivity contribution in [3.05, 3.63) is 64.7 Å². The van der Waals surface area contributed by atoms with Crippen LogP contribution < -0.4 is 10.6 Å². The third-order valence-electron chi connectivity index (χ3n) is 4.45. The number of aliphatic imine (C=N–C) groups is 1. The fraction of sp³-hybridized carbons (Fsp3) is 0.278. The highest BCUT2D eigenvalue weighted by molar-refractivity contribution is 5.96. The Morgan fingerprint density at radius 2 is 1.95 bits per heavy atom. The molecule has 0 saturated carbocycles. The third kappa shape index (κ3) is 2.19. The summed E-state index contributed by atoms with van der Waals surface area (Å²) in [6.45, 7) is 2.89. The molecule has 0 spiro atoms. The van der Waals surface area contributed by atoms with Gasteiger partial charge in [0.25, 0.3) is 0 Å². The molecule has 21 heavy (non-hydrogen) atoms. The molecule has 3 nitrogen and oxygen atoms in total. The average Bonchev–Trinajstić information content (AvgIpc) is 2.92. The Bertz CT molecular complexity index is 718. The van der Waals surface area contributed by atoms with Crippen molar-refractivity contribution in [2.75, 3.05) is 5.32 Å². The lowest BCUT2D eigenvalue weighted by Crippen LogP contribution is -2.35. The van der Waals surface area contributed by atoms with E-state index in [9.17, 15) is 0 Å². The van der Waals surface area contributed by atoms with E-state index in [0.29, 0.717) is 6.04 Å². The van der Waals surface area contributed by atoms with Gasteiger partial charge in [0.1, 0.15) is 0 Å². The zero-order valence-corrected chi connectivity index (χ0v) is 12.2. The molecular weight excluding hydrogens is 258 g/mol. The molecule has 0 aromatic heterocycles. The van der Waals surface area contributed by atoms with Crippen LogP contribution in [0.25, 0.3) is 0 Å². The smallest absolute Gasteiger partial charge is 0.196 e. The van der Waals surface area contributed by atoms with Crippen molar-refractivity contribution in [3.8, 4) is 0 Å². The maximum atomic E-state index is 4.64. The van der Waals surface area contributed by atoms with Gasteiger partial charge < -0.3 is 10.6 Å². The van der Waals surface area contributed by atoms with E-state index in [-0.39, 0.29) is 0 Å². The summed E-state index contributed by atoms with van der Waals surface area (Å²) in [4.78, 5) is 4.64. The highest BCUT2D eigenvalue weighted by atomic mass is 15.2. The standard InChI is InChI=1S/C18H19N3/c1-12-5-4-7-14-11-19-18(21-17(12)14)20-16-10-9-13-6-2-3-8-15(13)16/h2-8,16H,9-11H2,1H3,(H2,19,20,21). The average molecular weight is 277 g/mol. The van der Waals surface area contributed by atoms with Crippen molar-refractivity contribution in [1.29, 1.82) is 0 Å². The van der Waals surface area contributed by atoms with Crippen LogP contribution in [0.1, 0.15) is 34.7 Å². The van der Waals surface area contributed by atoms with E-state index >= 15 is 0 Å². The fourth-order valence-electron chi connectivity index (χ4n) is 3.32. The number of fused-ring (bicyclic) bond motifs is 2. The molecule has 0 fully saturated rings. The number of guanidine groups is 1. The molecule has 2 N–H and O–H groups in total. The number of nitrogens with zero attached hydrogens (tertiary/aromatic N) is 1. The topological polar surface area (TPSA) is 36.4 Å². The normalized spacial score (nSPS) is 19.3. The Kier molecular flexibility index (Phi) is 2.92. The second kappa shape index (κ2) is 4.92. The van der Waals surface area contributed by atoms with E-state index in [1.807, 2.05) is 0 Å². The van der Waals surface area contributed by atoms with Gasteiger partial charge in [-0.3, -0.25) is 0 Å². The first-order valence-electron chi connectivity index (χ1n) is 7.55. The van der Waals surface area contributed by atoms with Gasteiger partial charge in [0.2, 0.25) is 0 Å². The van der Waals surface area contributed by atoms with Crippen LogP contribution in [0.4, 0.5) is 5.69 Å². The molecule has 3 heteroatoms. The molecule has 0 radical (unpaired) electrons. The van der Waals surface area contributed by atoms with E-state index in [4.69, 9.17) is 0 Å². The van der Waals surface area contributed by atoms with Gasteiger partial charge in [-0.05, 0) is 42.0 Å². The molecule has 1 aliphatic carbocycles.